The molecule has 0 aromatic heterocycles. The molecule has 0 aromatic rings. The van der Waals surface area contributed by atoms with Gasteiger partial charge in [0.1, 0.15) is 5.60 Å². The first-order chi connectivity index (χ1) is 6.87. The third kappa shape index (κ3) is 19.8. The highest BCUT2D eigenvalue weighted by Gasteiger charge is 2.14. The molecule has 0 aliphatic carbocycles. The van der Waals surface area contributed by atoms with Crippen LogP contribution in [0.3, 0.4) is 0 Å². The van der Waals surface area contributed by atoms with Crippen LogP contribution >= 0.6 is 0 Å². The first-order valence-corrected chi connectivity index (χ1v) is 6.09. The van der Waals surface area contributed by atoms with Gasteiger partial charge < -0.3 is 4.74 Å². The van der Waals surface area contributed by atoms with Crippen molar-refractivity contribution in [2.45, 2.75) is 79.2 Å². The van der Waals surface area contributed by atoms with Crippen LogP contribution in [0.5, 0.6) is 0 Å². The van der Waals surface area contributed by atoms with Crippen LogP contribution in [0.4, 0.5) is 0 Å². The summed E-state index contributed by atoms with van der Waals surface area (Å²) < 4.78 is 5.10. The molecule has 0 aromatic carbocycles. The van der Waals surface area contributed by atoms with E-state index < -0.39 is 0 Å². The molecule has 0 saturated carbocycles. The van der Waals surface area contributed by atoms with Crippen molar-refractivity contribution in [1.29, 1.82) is 0 Å². The Hall–Kier alpha value is -0.530. The molecular formula is C13H28O2. The summed E-state index contributed by atoms with van der Waals surface area (Å²) in [6, 6.07) is 0. The maximum absolute atomic E-state index is 11.0. The zero-order valence-electron chi connectivity index (χ0n) is 11.4. The van der Waals surface area contributed by atoms with Gasteiger partial charge in [0.2, 0.25) is 0 Å². The molecule has 0 fully saturated rings. The lowest BCUT2D eigenvalue weighted by Gasteiger charge is -2.19. The van der Waals surface area contributed by atoms with Crippen molar-refractivity contribution in [1.82, 2.24) is 0 Å². The van der Waals surface area contributed by atoms with Crippen molar-refractivity contribution in [2.75, 3.05) is 0 Å². The van der Waals surface area contributed by atoms with E-state index in [1.807, 2.05) is 20.8 Å². The fourth-order valence-electron chi connectivity index (χ4n) is 0.714. The van der Waals surface area contributed by atoms with Gasteiger partial charge in [-0.25, -0.2) is 0 Å². The predicted molar refractivity (Wildman–Crippen MR) is 66.0 cm³/mol. The third-order valence-electron chi connectivity index (χ3n) is 1.65. The Balaban J connectivity index is 0. The summed E-state index contributed by atoms with van der Waals surface area (Å²) >= 11 is 0. The van der Waals surface area contributed by atoms with Crippen molar-refractivity contribution in [3.63, 3.8) is 0 Å². The first kappa shape index (κ1) is 16.9. The molecule has 0 heterocycles. The quantitative estimate of drug-likeness (QED) is 0.654. The van der Waals surface area contributed by atoms with Crippen molar-refractivity contribution in [3.8, 4) is 0 Å². The maximum atomic E-state index is 11.0. The number of carbonyl (C=O) groups excluding carboxylic acids is 1. The monoisotopic (exact) mass is 216 g/mol. The van der Waals surface area contributed by atoms with E-state index in [4.69, 9.17) is 4.74 Å². The van der Waals surface area contributed by atoms with Gasteiger partial charge in [-0.3, -0.25) is 4.79 Å². The minimum Gasteiger partial charge on any atom is -0.460 e. The van der Waals surface area contributed by atoms with Gasteiger partial charge in [-0.2, -0.15) is 0 Å². The fourth-order valence-corrected chi connectivity index (χ4v) is 0.714. The molecule has 0 spiro atoms. The first-order valence-electron chi connectivity index (χ1n) is 6.09. The normalized spacial score (nSPS) is 10.3. The van der Waals surface area contributed by atoms with E-state index >= 15 is 0 Å². The average Bonchev–Trinajstić information content (AvgIpc) is 2.12. The van der Waals surface area contributed by atoms with Crippen LogP contribution in [0.15, 0.2) is 0 Å². The lowest BCUT2D eigenvalue weighted by molar-refractivity contribution is -0.154. The van der Waals surface area contributed by atoms with Gasteiger partial charge in [-0.15, -0.1) is 0 Å². The minimum absolute atomic E-state index is 0.0839. The number of carbonyl (C=O) groups is 1. The summed E-state index contributed by atoms with van der Waals surface area (Å²) in [6.45, 7) is 12.1. The number of ether oxygens (including phenoxy) is 1. The number of rotatable bonds is 4. The smallest absolute Gasteiger partial charge is 0.306 e. The van der Waals surface area contributed by atoms with Crippen molar-refractivity contribution < 1.29 is 9.53 Å². The molecule has 0 aliphatic heterocycles. The van der Waals surface area contributed by atoms with Crippen LogP contribution in [-0.2, 0) is 9.53 Å². The standard InChI is InChI=1S/C9H18O2.C4H10/c1-5-6-7-8(10)11-9(2,3)4;1-3-4-2/h5-7H2,1-4H3;3-4H2,1-2H3. The second-order valence-corrected chi connectivity index (χ2v) is 4.69. The Labute approximate surface area is 95.4 Å². The van der Waals surface area contributed by atoms with Gasteiger partial charge in [0.05, 0.1) is 0 Å². The topological polar surface area (TPSA) is 26.3 Å². The van der Waals surface area contributed by atoms with Crippen molar-refractivity contribution >= 4 is 5.97 Å². The highest BCUT2D eigenvalue weighted by molar-refractivity contribution is 5.69. The Kier molecular flexibility index (Phi) is 11.3. The lowest BCUT2D eigenvalue weighted by Crippen LogP contribution is -2.23. The van der Waals surface area contributed by atoms with Crippen LogP contribution in [0.2, 0.25) is 0 Å². The van der Waals surface area contributed by atoms with Gasteiger partial charge in [-0.05, 0) is 27.2 Å². The van der Waals surface area contributed by atoms with E-state index in [1.54, 1.807) is 0 Å². The van der Waals surface area contributed by atoms with Gasteiger partial charge in [0, 0.05) is 6.42 Å². The van der Waals surface area contributed by atoms with Crippen molar-refractivity contribution in [2.24, 2.45) is 0 Å². The number of hydrogen-bond donors (Lipinski definition) is 0. The summed E-state index contributed by atoms with van der Waals surface area (Å²) in [6.07, 6.45) is 5.15. The highest BCUT2D eigenvalue weighted by Crippen LogP contribution is 2.09. The minimum atomic E-state index is -0.329. The van der Waals surface area contributed by atoms with E-state index in [0.717, 1.165) is 12.8 Å². The Morgan fingerprint density at radius 2 is 1.47 bits per heavy atom. The SMILES string of the molecule is CCCC.CCCCC(=O)OC(C)(C)C. The van der Waals surface area contributed by atoms with Crippen LogP contribution in [0.25, 0.3) is 0 Å². The fraction of sp³-hybridized carbons (Fsp3) is 0.923. The van der Waals surface area contributed by atoms with Gasteiger partial charge in [-0.1, -0.05) is 40.0 Å². The Morgan fingerprint density at radius 1 is 1.00 bits per heavy atom. The second kappa shape index (κ2) is 10.0. The number of unbranched alkanes of at least 4 members (excludes halogenated alkanes) is 2. The molecule has 0 N–H and O–H groups in total. The van der Waals surface area contributed by atoms with Gasteiger partial charge >= 0.3 is 5.97 Å². The van der Waals surface area contributed by atoms with Crippen LogP contribution in [-0.4, -0.2) is 11.6 Å². The van der Waals surface area contributed by atoms with Crippen molar-refractivity contribution in [3.05, 3.63) is 0 Å². The molecule has 0 unspecified atom stereocenters. The molecular weight excluding hydrogens is 188 g/mol. The van der Waals surface area contributed by atoms with E-state index in [1.165, 1.54) is 12.8 Å². The lowest BCUT2D eigenvalue weighted by atomic mass is 10.2. The van der Waals surface area contributed by atoms with E-state index in [9.17, 15) is 4.79 Å². The molecule has 0 saturated heterocycles. The summed E-state index contributed by atoms with van der Waals surface area (Å²) in [5.74, 6) is -0.0839. The second-order valence-electron chi connectivity index (χ2n) is 4.69. The maximum Gasteiger partial charge on any atom is 0.306 e. The molecule has 0 bridgehead atoms. The third-order valence-corrected chi connectivity index (χ3v) is 1.65. The Morgan fingerprint density at radius 3 is 1.73 bits per heavy atom. The molecule has 0 aliphatic rings. The molecule has 92 valence electrons. The number of hydrogen-bond acceptors (Lipinski definition) is 2. The van der Waals surface area contributed by atoms with Crippen LogP contribution < -0.4 is 0 Å². The molecule has 0 atom stereocenters. The molecule has 0 amide bonds. The molecule has 2 heteroatoms. The summed E-state index contributed by atoms with van der Waals surface area (Å²) in [5.41, 5.74) is -0.329. The Bertz CT molecular complexity index is 143. The van der Waals surface area contributed by atoms with E-state index in [0.29, 0.717) is 6.42 Å². The van der Waals surface area contributed by atoms with Gasteiger partial charge in [0.25, 0.3) is 0 Å². The van der Waals surface area contributed by atoms with Crippen LogP contribution in [0.1, 0.15) is 73.6 Å². The summed E-state index contributed by atoms with van der Waals surface area (Å²) in [7, 11) is 0. The summed E-state index contributed by atoms with van der Waals surface area (Å²) in [4.78, 5) is 11.0. The zero-order valence-corrected chi connectivity index (χ0v) is 11.4. The van der Waals surface area contributed by atoms with E-state index in [2.05, 4.69) is 20.8 Å². The van der Waals surface area contributed by atoms with E-state index in [-0.39, 0.29) is 11.6 Å². The van der Waals surface area contributed by atoms with Gasteiger partial charge in [0.15, 0.2) is 0 Å². The molecule has 0 radical (unpaired) electrons. The average molecular weight is 216 g/mol. The van der Waals surface area contributed by atoms with Crippen LogP contribution in [0, 0.1) is 0 Å². The number of esters is 1. The molecule has 2 nitrogen and oxygen atoms in total. The molecule has 0 rings (SSSR count). The largest absolute Gasteiger partial charge is 0.460 e. The highest BCUT2D eigenvalue weighted by atomic mass is 16.6. The zero-order chi connectivity index (χ0) is 12.3. The predicted octanol–water partition coefficient (Wildman–Crippen LogP) is 4.32. The summed E-state index contributed by atoms with van der Waals surface area (Å²) in [5, 5.41) is 0. The molecule has 15 heavy (non-hydrogen) atoms.